The number of aryl methyl sites for hydroxylation is 2. The molecule has 3 rings (SSSR count). The van der Waals surface area contributed by atoms with E-state index in [9.17, 15) is 4.79 Å². The summed E-state index contributed by atoms with van der Waals surface area (Å²) in [6.45, 7) is 4.56. The fourth-order valence-electron chi connectivity index (χ4n) is 2.82. The first-order valence-corrected chi connectivity index (χ1v) is 9.50. The molecule has 0 N–H and O–H groups in total. The van der Waals surface area contributed by atoms with Gasteiger partial charge in [-0.15, -0.1) is 23.1 Å². The zero-order chi connectivity index (χ0) is 17.3. The van der Waals surface area contributed by atoms with Crippen LogP contribution in [0, 0.1) is 13.8 Å². The minimum absolute atomic E-state index is 0.0147. The van der Waals surface area contributed by atoms with Gasteiger partial charge < -0.3 is 14.4 Å². The third-order valence-electron chi connectivity index (χ3n) is 3.94. The lowest BCUT2D eigenvalue weighted by Gasteiger charge is -2.24. The molecule has 0 spiro atoms. The number of benzene rings is 1. The van der Waals surface area contributed by atoms with E-state index < -0.39 is 0 Å². The molecular formula is C17H20N2O3S2. The Morgan fingerprint density at radius 3 is 2.62 bits per heavy atom. The van der Waals surface area contributed by atoms with E-state index in [1.165, 1.54) is 11.3 Å². The summed E-state index contributed by atoms with van der Waals surface area (Å²) in [6.07, 6.45) is 0. The Morgan fingerprint density at radius 1 is 1.25 bits per heavy atom. The topological polar surface area (TPSA) is 51.7 Å². The van der Waals surface area contributed by atoms with Crippen LogP contribution in [0.25, 0.3) is 0 Å². The molecule has 1 aromatic carbocycles. The predicted octanol–water partition coefficient (Wildman–Crippen LogP) is 3.66. The van der Waals surface area contributed by atoms with E-state index >= 15 is 0 Å². The highest BCUT2D eigenvalue weighted by Crippen LogP contribution is 2.42. The summed E-state index contributed by atoms with van der Waals surface area (Å²) in [5.41, 5.74) is 1.85. The van der Waals surface area contributed by atoms with Crippen molar-refractivity contribution in [3.63, 3.8) is 0 Å². The van der Waals surface area contributed by atoms with Crippen LogP contribution < -0.4 is 9.47 Å². The molecule has 1 unspecified atom stereocenters. The van der Waals surface area contributed by atoms with Crippen molar-refractivity contribution in [1.82, 2.24) is 9.88 Å². The molecule has 2 aromatic rings. The number of methoxy groups -OCH3 is 2. The summed E-state index contributed by atoms with van der Waals surface area (Å²) in [7, 11) is 3.24. The van der Waals surface area contributed by atoms with Crippen LogP contribution in [0.2, 0.25) is 0 Å². The standard InChI is InChI=1S/C17H20N2O3S2/c1-10-15(24-11(2)18-10)16(20)19-7-8-23-17(19)12-5-6-13(21-3)14(9-12)22-4/h5-6,9,17H,7-8H2,1-4H3. The van der Waals surface area contributed by atoms with Gasteiger partial charge >= 0.3 is 0 Å². The summed E-state index contributed by atoms with van der Waals surface area (Å²) in [6, 6.07) is 5.83. The zero-order valence-electron chi connectivity index (χ0n) is 14.2. The Bertz CT molecular complexity index is 760. The Balaban J connectivity index is 1.91. The maximum absolute atomic E-state index is 13.0. The van der Waals surface area contributed by atoms with Gasteiger partial charge in [-0.1, -0.05) is 6.07 Å². The molecule has 7 heteroatoms. The number of thiazole rings is 1. The predicted molar refractivity (Wildman–Crippen MR) is 97.4 cm³/mol. The van der Waals surface area contributed by atoms with Gasteiger partial charge in [0.25, 0.3) is 5.91 Å². The van der Waals surface area contributed by atoms with Gasteiger partial charge in [-0.25, -0.2) is 4.98 Å². The van der Waals surface area contributed by atoms with Gasteiger partial charge in [0, 0.05) is 12.3 Å². The van der Waals surface area contributed by atoms with Crippen molar-refractivity contribution in [1.29, 1.82) is 0 Å². The van der Waals surface area contributed by atoms with Crippen LogP contribution in [0.5, 0.6) is 11.5 Å². The number of rotatable bonds is 4. The summed E-state index contributed by atoms with van der Waals surface area (Å²) in [5.74, 6) is 2.35. The van der Waals surface area contributed by atoms with E-state index in [-0.39, 0.29) is 11.3 Å². The normalized spacial score (nSPS) is 17.2. The van der Waals surface area contributed by atoms with Crippen molar-refractivity contribution in [3.05, 3.63) is 39.3 Å². The average molecular weight is 364 g/mol. The van der Waals surface area contributed by atoms with Crippen molar-refractivity contribution in [2.45, 2.75) is 19.2 Å². The van der Waals surface area contributed by atoms with Crippen molar-refractivity contribution >= 4 is 29.0 Å². The summed E-state index contributed by atoms with van der Waals surface area (Å²) >= 11 is 3.23. The van der Waals surface area contributed by atoms with Crippen LogP contribution in [-0.4, -0.2) is 42.3 Å². The number of hydrogen-bond donors (Lipinski definition) is 0. The van der Waals surface area contributed by atoms with Gasteiger partial charge in [-0.2, -0.15) is 0 Å². The van der Waals surface area contributed by atoms with E-state index in [0.717, 1.165) is 33.4 Å². The molecule has 5 nitrogen and oxygen atoms in total. The van der Waals surface area contributed by atoms with Gasteiger partial charge in [0.1, 0.15) is 10.3 Å². The van der Waals surface area contributed by atoms with Gasteiger partial charge in [0.05, 0.1) is 24.9 Å². The largest absolute Gasteiger partial charge is 0.493 e. The molecular weight excluding hydrogens is 344 g/mol. The molecule has 0 radical (unpaired) electrons. The quantitative estimate of drug-likeness (QED) is 0.829. The number of carbonyl (C=O) groups is 1. The van der Waals surface area contributed by atoms with E-state index in [2.05, 4.69) is 4.98 Å². The third-order valence-corrected chi connectivity index (χ3v) is 6.26. The van der Waals surface area contributed by atoms with E-state index in [1.54, 1.807) is 26.0 Å². The molecule has 0 bridgehead atoms. The number of amides is 1. The number of thioether (sulfide) groups is 1. The minimum Gasteiger partial charge on any atom is -0.493 e. The molecule has 0 saturated carbocycles. The number of nitrogens with zero attached hydrogens (tertiary/aromatic N) is 2. The fraction of sp³-hybridized carbons (Fsp3) is 0.412. The number of ether oxygens (including phenoxy) is 2. The Hall–Kier alpha value is -1.73. The van der Waals surface area contributed by atoms with Crippen LogP contribution in [0.4, 0.5) is 0 Å². The minimum atomic E-state index is -0.0147. The maximum atomic E-state index is 13.0. The first-order valence-electron chi connectivity index (χ1n) is 7.63. The smallest absolute Gasteiger partial charge is 0.267 e. The molecule has 24 heavy (non-hydrogen) atoms. The molecule has 1 amide bonds. The van der Waals surface area contributed by atoms with E-state index in [0.29, 0.717) is 11.5 Å². The Morgan fingerprint density at radius 2 is 2.00 bits per heavy atom. The van der Waals surface area contributed by atoms with Crippen molar-refractivity contribution in [3.8, 4) is 11.5 Å². The molecule has 1 aliphatic heterocycles. The first kappa shape index (κ1) is 17.1. The van der Waals surface area contributed by atoms with Gasteiger partial charge in [0.2, 0.25) is 0 Å². The number of hydrogen-bond acceptors (Lipinski definition) is 6. The number of carbonyl (C=O) groups excluding carboxylic acids is 1. The lowest BCUT2D eigenvalue weighted by atomic mass is 10.1. The van der Waals surface area contributed by atoms with E-state index in [1.807, 2.05) is 36.9 Å². The van der Waals surface area contributed by atoms with Gasteiger partial charge in [0.15, 0.2) is 11.5 Å². The second-order valence-corrected chi connectivity index (χ2v) is 7.87. The van der Waals surface area contributed by atoms with Crippen molar-refractivity contribution in [2.24, 2.45) is 0 Å². The summed E-state index contributed by atoms with van der Waals surface area (Å²) in [4.78, 5) is 20.0. The highest BCUT2D eigenvalue weighted by atomic mass is 32.2. The van der Waals surface area contributed by atoms with E-state index in [4.69, 9.17) is 9.47 Å². The molecule has 0 aliphatic carbocycles. The number of aromatic nitrogens is 1. The maximum Gasteiger partial charge on any atom is 0.267 e. The van der Waals surface area contributed by atoms with Crippen LogP contribution in [0.3, 0.4) is 0 Å². The summed E-state index contributed by atoms with van der Waals surface area (Å²) < 4.78 is 10.7. The van der Waals surface area contributed by atoms with Gasteiger partial charge in [-0.05, 0) is 31.5 Å². The highest BCUT2D eigenvalue weighted by Gasteiger charge is 2.33. The molecule has 1 fully saturated rings. The SMILES string of the molecule is COc1ccc(C2SCCN2C(=O)c2sc(C)nc2C)cc1OC. The summed E-state index contributed by atoms with van der Waals surface area (Å²) in [5, 5.41) is 0.907. The molecule has 1 atom stereocenters. The lowest BCUT2D eigenvalue weighted by Crippen LogP contribution is -2.30. The first-order chi connectivity index (χ1) is 11.5. The average Bonchev–Trinajstić information content (AvgIpc) is 3.19. The van der Waals surface area contributed by atoms with Crippen LogP contribution in [0.1, 0.15) is 31.3 Å². The van der Waals surface area contributed by atoms with Crippen molar-refractivity contribution < 1.29 is 14.3 Å². The lowest BCUT2D eigenvalue weighted by molar-refractivity contribution is 0.0764. The zero-order valence-corrected chi connectivity index (χ0v) is 15.8. The second kappa shape index (κ2) is 7.03. The van der Waals surface area contributed by atoms with Gasteiger partial charge in [-0.3, -0.25) is 4.79 Å². The highest BCUT2D eigenvalue weighted by molar-refractivity contribution is 7.99. The molecule has 128 valence electrons. The molecule has 2 heterocycles. The van der Waals surface area contributed by atoms with Crippen LogP contribution >= 0.6 is 23.1 Å². The fourth-order valence-corrected chi connectivity index (χ4v) is 4.94. The van der Waals surface area contributed by atoms with Crippen molar-refractivity contribution in [2.75, 3.05) is 26.5 Å². The monoisotopic (exact) mass is 364 g/mol. The Labute approximate surface area is 150 Å². The molecule has 1 saturated heterocycles. The molecule has 1 aliphatic rings. The molecule has 1 aromatic heterocycles. The van der Waals surface area contributed by atoms with Crippen LogP contribution in [-0.2, 0) is 0 Å². The second-order valence-electron chi connectivity index (χ2n) is 5.48. The third kappa shape index (κ3) is 3.10. The van der Waals surface area contributed by atoms with Crippen LogP contribution in [0.15, 0.2) is 18.2 Å². The Kier molecular flexibility index (Phi) is 5.01.